The number of nitrogens with one attached hydrogen (secondary N) is 2. The molecule has 3 aromatic rings. The Morgan fingerprint density at radius 3 is 2.87 bits per heavy atom. The minimum absolute atomic E-state index is 0.0237. The molecule has 1 amide bonds. The Hall–Kier alpha value is -2.62. The molecule has 6 heteroatoms. The Morgan fingerprint density at radius 1 is 1.19 bits per heavy atom. The third-order valence-corrected chi connectivity index (χ3v) is 7.81. The Bertz CT molecular complexity index is 1090. The van der Waals surface area contributed by atoms with Gasteiger partial charge in [0.25, 0.3) is 5.91 Å². The van der Waals surface area contributed by atoms with Gasteiger partial charge in [0, 0.05) is 19.1 Å². The van der Waals surface area contributed by atoms with Gasteiger partial charge in [-0.2, -0.15) is 5.26 Å². The standard InChI is InChI=1S/C25H28N4OS/c26-15-18-1-4-19-8-11-29(16-20(19)13-18)10-7-17-2-5-21(6-3-17)27-25(30)23-14-24-22(28-23)9-12-31-24/h1,4,9,12-14,17,21,28H,2-3,5-8,10-11,16H2,(H,27,30). The number of carbonyl (C=O) groups excluding carboxylic acids is 1. The second-order valence-electron chi connectivity index (χ2n) is 8.98. The Morgan fingerprint density at radius 2 is 2.06 bits per heavy atom. The van der Waals surface area contributed by atoms with E-state index in [1.54, 1.807) is 11.3 Å². The van der Waals surface area contributed by atoms with Gasteiger partial charge in [-0.25, -0.2) is 0 Å². The number of nitriles is 1. The van der Waals surface area contributed by atoms with Crippen LogP contribution in [-0.4, -0.2) is 34.9 Å². The highest BCUT2D eigenvalue weighted by Crippen LogP contribution is 2.29. The van der Waals surface area contributed by atoms with Crippen LogP contribution in [0.25, 0.3) is 10.2 Å². The fourth-order valence-electron chi connectivity index (χ4n) is 5.07. The molecule has 0 radical (unpaired) electrons. The van der Waals surface area contributed by atoms with Crippen molar-refractivity contribution in [3.05, 3.63) is 58.1 Å². The lowest BCUT2D eigenvalue weighted by molar-refractivity contribution is 0.0915. The summed E-state index contributed by atoms with van der Waals surface area (Å²) < 4.78 is 1.14. The van der Waals surface area contributed by atoms with Crippen LogP contribution in [-0.2, 0) is 13.0 Å². The number of H-pyrrole nitrogens is 1. The van der Waals surface area contributed by atoms with E-state index in [9.17, 15) is 4.79 Å². The van der Waals surface area contributed by atoms with Gasteiger partial charge in [0.05, 0.1) is 21.8 Å². The van der Waals surface area contributed by atoms with Crippen molar-refractivity contribution in [1.82, 2.24) is 15.2 Å². The molecule has 1 aliphatic carbocycles. The van der Waals surface area contributed by atoms with Crippen LogP contribution in [0.1, 0.15) is 59.3 Å². The molecule has 0 atom stereocenters. The average molecular weight is 433 g/mol. The summed E-state index contributed by atoms with van der Waals surface area (Å²) in [5.74, 6) is 0.770. The second-order valence-corrected chi connectivity index (χ2v) is 9.93. The number of fused-ring (bicyclic) bond motifs is 2. The summed E-state index contributed by atoms with van der Waals surface area (Å²) in [5, 5.41) is 14.4. The number of hydrogen-bond acceptors (Lipinski definition) is 4. The topological polar surface area (TPSA) is 71.9 Å². The minimum Gasteiger partial charge on any atom is -0.350 e. The first-order valence-electron chi connectivity index (χ1n) is 11.3. The maximum atomic E-state index is 12.6. The highest BCUT2D eigenvalue weighted by atomic mass is 32.1. The Balaban J connectivity index is 1.07. The van der Waals surface area contributed by atoms with Crippen molar-refractivity contribution in [2.75, 3.05) is 13.1 Å². The van der Waals surface area contributed by atoms with E-state index in [-0.39, 0.29) is 11.9 Å². The van der Waals surface area contributed by atoms with Gasteiger partial charge in [-0.15, -0.1) is 11.3 Å². The van der Waals surface area contributed by atoms with Gasteiger partial charge in [-0.05, 0) is 91.8 Å². The number of benzene rings is 1. The monoisotopic (exact) mass is 432 g/mol. The summed E-state index contributed by atoms with van der Waals surface area (Å²) in [6.07, 6.45) is 6.82. The second kappa shape index (κ2) is 8.86. The van der Waals surface area contributed by atoms with Gasteiger partial charge in [0.1, 0.15) is 5.69 Å². The number of hydrogen-bond donors (Lipinski definition) is 2. The molecule has 31 heavy (non-hydrogen) atoms. The van der Waals surface area contributed by atoms with Crippen LogP contribution < -0.4 is 5.32 Å². The van der Waals surface area contributed by atoms with Crippen LogP contribution in [0.15, 0.2) is 35.7 Å². The highest BCUT2D eigenvalue weighted by molar-refractivity contribution is 7.17. The van der Waals surface area contributed by atoms with Crippen molar-refractivity contribution < 1.29 is 4.79 Å². The van der Waals surface area contributed by atoms with Gasteiger partial charge in [-0.3, -0.25) is 9.69 Å². The van der Waals surface area contributed by atoms with E-state index < -0.39 is 0 Å². The first-order valence-corrected chi connectivity index (χ1v) is 12.2. The molecule has 1 saturated carbocycles. The number of aromatic nitrogens is 1. The molecule has 0 unspecified atom stereocenters. The lowest BCUT2D eigenvalue weighted by atomic mass is 9.84. The molecule has 0 bridgehead atoms. The molecule has 2 N–H and O–H groups in total. The smallest absolute Gasteiger partial charge is 0.267 e. The molecule has 3 heterocycles. The normalized spacial score (nSPS) is 21.5. The third kappa shape index (κ3) is 4.53. The summed E-state index contributed by atoms with van der Waals surface area (Å²) >= 11 is 1.66. The van der Waals surface area contributed by atoms with Crippen molar-refractivity contribution in [1.29, 1.82) is 5.26 Å². The van der Waals surface area contributed by atoms with Crippen LogP contribution in [0.5, 0.6) is 0 Å². The maximum absolute atomic E-state index is 12.6. The zero-order valence-corrected chi connectivity index (χ0v) is 18.5. The quantitative estimate of drug-likeness (QED) is 0.606. The molecule has 1 aliphatic heterocycles. The van der Waals surface area contributed by atoms with Gasteiger partial charge < -0.3 is 10.3 Å². The maximum Gasteiger partial charge on any atom is 0.267 e. The number of aromatic amines is 1. The van der Waals surface area contributed by atoms with E-state index in [0.29, 0.717) is 5.69 Å². The van der Waals surface area contributed by atoms with Gasteiger partial charge in [0.15, 0.2) is 0 Å². The Kier molecular flexibility index (Phi) is 5.80. The third-order valence-electron chi connectivity index (χ3n) is 6.95. The van der Waals surface area contributed by atoms with Crippen molar-refractivity contribution in [3.8, 4) is 6.07 Å². The van der Waals surface area contributed by atoms with E-state index in [1.807, 2.05) is 23.6 Å². The lowest BCUT2D eigenvalue weighted by Crippen LogP contribution is -2.38. The molecule has 160 valence electrons. The van der Waals surface area contributed by atoms with Gasteiger partial charge in [-0.1, -0.05) is 6.07 Å². The van der Waals surface area contributed by atoms with Gasteiger partial charge >= 0.3 is 0 Å². The van der Waals surface area contributed by atoms with E-state index in [0.717, 1.165) is 60.6 Å². The number of thiophene rings is 1. The fraction of sp³-hybridized carbons (Fsp3) is 0.440. The molecule has 0 saturated heterocycles. The fourth-order valence-corrected chi connectivity index (χ4v) is 5.85. The highest BCUT2D eigenvalue weighted by Gasteiger charge is 2.24. The Labute approximate surface area is 187 Å². The first kappa shape index (κ1) is 20.3. The molecule has 1 aromatic carbocycles. The van der Waals surface area contributed by atoms with Crippen molar-refractivity contribution in [3.63, 3.8) is 0 Å². The van der Waals surface area contributed by atoms with Crippen molar-refractivity contribution >= 4 is 27.5 Å². The van der Waals surface area contributed by atoms with Crippen molar-refractivity contribution in [2.45, 2.75) is 51.1 Å². The molecule has 5 rings (SSSR count). The average Bonchev–Trinajstić information content (AvgIpc) is 3.41. The predicted molar refractivity (Wildman–Crippen MR) is 124 cm³/mol. The molecular formula is C25H28N4OS. The van der Waals surface area contributed by atoms with E-state index in [4.69, 9.17) is 5.26 Å². The van der Waals surface area contributed by atoms with Crippen LogP contribution in [0.4, 0.5) is 0 Å². The van der Waals surface area contributed by atoms with Crippen LogP contribution in [0, 0.1) is 17.2 Å². The van der Waals surface area contributed by atoms with Crippen LogP contribution in [0.2, 0.25) is 0 Å². The van der Waals surface area contributed by atoms with Crippen LogP contribution in [0.3, 0.4) is 0 Å². The lowest BCUT2D eigenvalue weighted by Gasteiger charge is -2.33. The van der Waals surface area contributed by atoms with Crippen molar-refractivity contribution in [2.24, 2.45) is 5.92 Å². The molecule has 2 aromatic heterocycles. The molecule has 5 nitrogen and oxygen atoms in total. The van der Waals surface area contributed by atoms with E-state index in [2.05, 4.69) is 33.4 Å². The predicted octanol–water partition coefficient (Wildman–Crippen LogP) is 4.84. The number of nitrogens with zero attached hydrogens (tertiary/aromatic N) is 2. The minimum atomic E-state index is 0.0237. The van der Waals surface area contributed by atoms with Gasteiger partial charge in [0.2, 0.25) is 0 Å². The summed E-state index contributed by atoms with van der Waals surface area (Å²) in [6.45, 7) is 3.19. The number of rotatable bonds is 5. The van der Waals surface area contributed by atoms with E-state index in [1.165, 1.54) is 30.4 Å². The zero-order valence-electron chi connectivity index (χ0n) is 17.7. The first-order chi connectivity index (χ1) is 15.2. The molecule has 0 spiro atoms. The summed E-state index contributed by atoms with van der Waals surface area (Å²) in [4.78, 5) is 18.3. The summed E-state index contributed by atoms with van der Waals surface area (Å²) in [6, 6.07) is 12.6. The summed E-state index contributed by atoms with van der Waals surface area (Å²) in [5.41, 5.74) is 5.20. The number of carbonyl (C=O) groups is 1. The van der Waals surface area contributed by atoms with E-state index >= 15 is 0 Å². The SMILES string of the molecule is N#Cc1ccc2c(c1)CN(CCC1CCC(NC(=O)c3cc4sccc4[nH]3)CC1)CC2. The molecule has 2 aliphatic rings. The molecule has 1 fully saturated rings. The zero-order chi connectivity index (χ0) is 21.2. The summed E-state index contributed by atoms with van der Waals surface area (Å²) in [7, 11) is 0. The molecular weight excluding hydrogens is 404 g/mol. The number of amides is 1. The van der Waals surface area contributed by atoms with Crippen LogP contribution >= 0.6 is 11.3 Å². The largest absolute Gasteiger partial charge is 0.350 e.